The van der Waals surface area contributed by atoms with Crippen LogP contribution >= 0.6 is 27.3 Å². The zero-order chi connectivity index (χ0) is 16.2. The summed E-state index contributed by atoms with van der Waals surface area (Å²) < 4.78 is 32.3. The van der Waals surface area contributed by atoms with Gasteiger partial charge in [0, 0.05) is 37.7 Å². The Bertz CT molecular complexity index is 558. The highest BCUT2D eigenvalue weighted by molar-refractivity contribution is 9.11. The molecule has 0 fully saturated rings. The van der Waals surface area contributed by atoms with Crippen molar-refractivity contribution in [2.45, 2.75) is 44.3 Å². The summed E-state index contributed by atoms with van der Waals surface area (Å²) in [5, 5.41) is 3.29. The van der Waals surface area contributed by atoms with Gasteiger partial charge in [-0.25, -0.2) is 8.42 Å². The van der Waals surface area contributed by atoms with Crippen LogP contribution in [0.3, 0.4) is 0 Å². The number of nitrogens with zero attached hydrogens (tertiary/aromatic N) is 1. The highest BCUT2D eigenvalue weighted by Crippen LogP contribution is 2.33. The van der Waals surface area contributed by atoms with Gasteiger partial charge in [-0.3, -0.25) is 0 Å². The summed E-state index contributed by atoms with van der Waals surface area (Å²) in [6, 6.07) is 1.87. The van der Waals surface area contributed by atoms with E-state index in [0.29, 0.717) is 27.9 Å². The Kier molecular flexibility index (Phi) is 7.29. The van der Waals surface area contributed by atoms with E-state index in [-0.39, 0.29) is 6.04 Å². The lowest BCUT2D eigenvalue weighted by atomic mass is 10.4. The van der Waals surface area contributed by atoms with Gasteiger partial charge >= 0.3 is 0 Å². The van der Waals surface area contributed by atoms with E-state index in [9.17, 15) is 8.42 Å². The van der Waals surface area contributed by atoms with Crippen molar-refractivity contribution in [2.75, 3.05) is 20.8 Å². The molecule has 122 valence electrons. The summed E-state index contributed by atoms with van der Waals surface area (Å²) in [5.41, 5.74) is 0. The first kappa shape index (κ1) is 19.1. The van der Waals surface area contributed by atoms with E-state index in [2.05, 4.69) is 35.1 Å². The number of thiophene rings is 1. The van der Waals surface area contributed by atoms with Crippen molar-refractivity contribution < 1.29 is 13.2 Å². The second kappa shape index (κ2) is 8.03. The SMILES string of the molecule is COCC(C)N(C)S(=O)(=O)c1cc(CNC(C)C)sc1Br. The van der Waals surface area contributed by atoms with Crippen molar-refractivity contribution in [3.8, 4) is 0 Å². The van der Waals surface area contributed by atoms with E-state index in [1.54, 1.807) is 20.2 Å². The Hall–Kier alpha value is 0.01000. The van der Waals surface area contributed by atoms with Gasteiger partial charge in [0.05, 0.1) is 10.4 Å². The molecule has 0 radical (unpaired) electrons. The van der Waals surface area contributed by atoms with E-state index in [1.165, 1.54) is 15.6 Å². The second-order valence-electron chi connectivity index (χ2n) is 5.21. The monoisotopic (exact) mass is 398 g/mol. The summed E-state index contributed by atoms with van der Waals surface area (Å²) in [5.74, 6) is 0. The van der Waals surface area contributed by atoms with Gasteiger partial charge in [-0.05, 0) is 28.9 Å². The second-order valence-corrected chi connectivity index (χ2v) is 9.63. The lowest BCUT2D eigenvalue weighted by Crippen LogP contribution is -2.37. The van der Waals surface area contributed by atoms with Crippen molar-refractivity contribution in [3.05, 3.63) is 14.7 Å². The number of hydrogen-bond acceptors (Lipinski definition) is 5. The number of methoxy groups -OCH3 is 1. The lowest BCUT2D eigenvalue weighted by Gasteiger charge is -2.23. The van der Waals surface area contributed by atoms with Crippen LogP contribution in [0.15, 0.2) is 14.7 Å². The fourth-order valence-corrected chi connectivity index (χ4v) is 5.63. The summed E-state index contributed by atoms with van der Waals surface area (Å²) in [4.78, 5) is 1.31. The minimum Gasteiger partial charge on any atom is -0.383 e. The number of likely N-dealkylation sites (N-methyl/N-ethyl adjacent to an activating group) is 1. The third-order valence-corrected chi connectivity index (χ3v) is 7.30. The molecule has 1 atom stereocenters. The van der Waals surface area contributed by atoms with Crippen molar-refractivity contribution in [1.82, 2.24) is 9.62 Å². The topological polar surface area (TPSA) is 58.6 Å². The van der Waals surface area contributed by atoms with Gasteiger partial charge in [-0.1, -0.05) is 13.8 Å². The maximum Gasteiger partial charge on any atom is 0.245 e. The molecule has 21 heavy (non-hydrogen) atoms. The van der Waals surface area contributed by atoms with Crippen LogP contribution in [0.25, 0.3) is 0 Å². The van der Waals surface area contributed by atoms with Gasteiger partial charge < -0.3 is 10.1 Å². The summed E-state index contributed by atoms with van der Waals surface area (Å²) in [6.07, 6.45) is 0. The largest absolute Gasteiger partial charge is 0.383 e. The molecule has 0 saturated carbocycles. The standard InChI is InChI=1S/C13H23BrN2O3S2/c1-9(2)15-7-11-6-12(13(14)20-11)21(17,18)16(4)10(3)8-19-5/h6,9-10,15H,7-8H2,1-5H3. The molecule has 0 amide bonds. The van der Waals surface area contributed by atoms with Crippen LogP contribution in [0.1, 0.15) is 25.6 Å². The van der Waals surface area contributed by atoms with Crippen LogP contribution < -0.4 is 5.32 Å². The van der Waals surface area contributed by atoms with E-state index in [4.69, 9.17) is 4.74 Å². The van der Waals surface area contributed by atoms with Gasteiger partial charge in [0.2, 0.25) is 10.0 Å². The third kappa shape index (κ3) is 5.01. The zero-order valence-electron chi connectivity index (χ0n) is 13.0. The Morgan fingerprint density at radius 3 is 2.57 bits per heavy atom. The van der Waals surface area contributed by atoms with E-state index in [0.717, 1.165) is 4.88 Å². The Balaban J connectivity index is 2.98. The lowest BCUT2D eigenvalue weighted by molar-refractivity contribution is 0.149. The summed E-state index contributed by atoms with van der Waals surface area (Å²) in [6.45, 7) is 6.95. The molecule has 1 rings (SSSR count). The first-order valence-corrected chi connectivity index (χ1v) is 9.73. The first-order valence-electron chi connectivity index (χ1n) is 6.68. The van der Waals surface area contributed by atoms with Crippen LogP contribution in [0.5, 0.6) is 0 Å². The normalized spacial score (nSPS) is 14.1. The van der Waals surface area contributed by atoms with Gasteiger partial charge in [-0.2, -0.15) is 4.31 Å². The van der Waals surface area contributed by atoms with Crippen LogP contribution in [-0.4, -0.2) is 45.6 Å². The molecule has 5 nitrogen and oxygen atoms in total. The molecular formula is C13H23BrN2O3S2. The highest BCUT2D eigenvalue weighted by atomic mass is 79.9. The molecule has 0 aromatic carbocycles. The predicted molar refractivity (Wildman–Crippen MR) is 90.3 cm³/mol. The Morgan fingerprint density at radius 2 is 2.05 bits per heavy atom. The zero-order valence-corrected chi connectivity index (χ0v) is 16.2. The Labute approximate surface area is 139 Å². The predicted octanol–water partition coefficient (Wildman–Crippen LogP) is 2.66. The molecule has 1 N–H and O–H groups in total. The van der Waals surface area contributed by atoms with Crippen LogP contribution in [0.4, 0.5) is 0 Å². The number of sulfonamides is 1. The van der Waals surface area contributed by atoms with Crippen molar-refractivity contribution in [2.24, 2.45) is 0 Å². The summed E-state index contributed by atoms with van der Waals surface area (Å²) in [7, 11) is -0.379. The molecule has 1 aromatic rings. The maximum atomic E-state index is 12.6. The molecule has 0 bridgehead atoms. The fraction of sp³-hybridized carbons (Fsp3) is 0.692. The Morgan fingerprint density at radius 1 is 1.43 bits per heavy atom. The average Bonchev–Trinajstić information content (AvgIpc) is 2.77. The number of nitrogens with one attached hydrogen (secondary N) is 1. The minimum atomic E-state index is -3.52. The molecule has 0 aliphatic carbocycles. The van der Waals surface area contributed by atoms with Gasteiger partial charge in [0.25, 0.3) is 0 Å². The first-order chi connectivity index (χ1) is 9.70. The molecule has 0 aliphatic heterocycles. The molecule has 8 heteroatoms. The number of rotatable bonds is 8. The molecule has 0 aliphatic rings. The summed E-state index contributed by atoms with van der Waals surface area (Å²) >= 11 is 4.81. The van der Waals surface area contributed by atoms with E-state index < -0.39 is 10.0 Å². The van der Waals surface area contributed by atoms with Crippen molar-refractivity contribution >= 4 is 37.3 Å². The van der Waals surface area contributed by atoms with Crippen molar-refractivity contribution in [3.63, 3.8) is 0 Å². The van der Waals surface area contributed by atoms with E-state index >= 15 is 0 Å². The molecule has 0 spiro atoms. The molecule has 1 heterocycles. The van der Waals surface area contributed by atoms with Gasteiger partial charge in [-0.15, -0.1) is 11.3 Å². The number of ether oxygens (including phenoxy) is 1. The molecule has 0 saturated heterocycles. The minimum absolute atomic E-state index is 0.218. The third-order valence-electron chi connectivity index (χ3n) is 3.08. The smallest absolute Gasteiger partial charge is 0.245 e. The van der Waals surface area contributed by atoms with E-state index in [1.807, 2.05) is 6.92 Å². The highest BCUT2D eigenvalue weighted by Gasteiger charge is 2.29. The van der Waals surface area contributed by atoms with Crippen LogP contribution in [0, 0.1) is 0 Å². The van der Waals surface area contributed by atoms with Crippen molar-refractivity contribution in [1.29, 1.82) is 0 Å². The molecular weight excluding hydrogens is 376 g/mol. The van der Waals surface area contributed by atoms with Gasteiger partial charge in [0.1, 0.15) is 4.90 Å². The number of hydrogen-bond donors (Lipinski definition) is 1. The van der Waals surface area contributed by atoms with Crippen LogP contribution in [0.2, 0.25) is 0 Å². The number of halogens is 1. The van der Waals surface area contributed by atoms with Crippen LogP contribution in [-0.2, 0) is 21.3 Å². The fourth-order valence-electron chi connectivity index (χ4n) is 1.70. The average molecular weight is 399 g/mol. The quantitative estimate of drug-likeness (QED) is 0.730. The van der Waals surface area contributed by atoms with Gasteiger partial charge in [0.15, 0.2) is 0 Å². The molecule has 1 unspecified atom stereocenters. The molecule has 1 aromatic heterocycles. The maximum absolute atomic E-state index is 12.6.